The molecule has 7 heteroatoms. The Morgan fingerprint density at radius 2 is 1.86 bits per heavy atom. The summed E-state index contributed by atoms with van der Waals surface area (Å²) in [5, 5.41) is 12.0. The van der Waals surface area contributed by atoms with Crippen LogP contribution >= 0.6 is 0 Å². The number of aromatic nitrogens is 2. The van der Waals surface area contributed by atoms with Crippen molar-refractivity contribution in [2.24, 2.45) is 0 Å². The van der Waals surface area contributed by atoms with Gasteiger partial charge in [0.05, 0.1) is 29.0 Å². The molecule has 2 aliphatic rings. The first kappa shape index (κ1) is 22.1. The second-order valence-electron chi connectivity index (χ2n) is 9.04. The Hall–Kier alpha value is -4.36. The van der Waals surface area contributed by atoms with Gasteiger partial charge >= 0.3 is 5.97 Å². The van der Waals surface area contributed by atoms with Crippen LogP contribution in [0.5, 0.6) is 0 Å². The molecule has 0 amide bonds. The van der Waals surface area contributed by atoms with Crippen molar-refractivity contribution < 1.29 is 19.4 Å². The van der Waals surface area contributed by atoms with Crippen molar-refractivity contribution in [2.75, 3.05) is 0 Å². The van der Waals surface area contributed by atoms with Gasteiger partial charge in [-0.3, -0.25) is 9.59 Å². The Morgan fingerprint density at radius 1 is 1.11 bits per heavy atom. The Morgan fingerprint density at radius 3 is 2.64 bits per heavy atom. The molecule has 0 radical (unpaired) electrons. The Labute approximate surface area is 206 Å². The zero-order valence-corrected chi connectivity index (χ0v) is 19.5. The van der Waals surface area contributed by atoms with E-state index in [4.69, 9.17) is 9.72 Å². The lowest BCUT2D eigenvalue weighted by Crippen LogP contribution is -2.44. The Kier molecular flexibility index (Phi) is 4.98. The average Bonchev–Trinajstić information content (AvgIpc) is 3.28. The van der Waals surface area contributed by atoms with Crippen LogP contribution in [0, 0.1) is 0 Å². The van der Waals surface area contributed by atoms with Gasteiger partial charge in [0.1, 0.15) is 6.61 Å². The number of hydrogen-bond acceptors (Lipinski definition) is 6. The maximum absolute atomic E-state index is 13.5. The summed E-state index contributed by atoms with van der Waals surface area (Å²) in [6, 6.07) is 18.3. The minimum absolute atomic E-state index is 0.0787. The van der Waals surface area contributed by atoms with Crippen LogP contribution in [-0.4, -0.2) is 26.4 Å². The Balaban J connectivity index is 1.56. The van der Waals surface area contributed by atoms with E-state index in [0.717, 1.165) is 16.5 Å². The smallest absolute Gasteiger partial charge is 0.343 e. The molecule has 0 fully saturated rings. The lowest BCUT2D eigenvalue weighted by atomic mass is 9.86. The third-order valence-electron chi connectivity index (χ3n) is 7.10. The first-order valence-corrected chi connectivity index (χ1v) is 11.8. The summed E-state index contributed by atoms with van der Waals surface area (Å²) in [4.78, 5) is 43.6. The molecular formula is C29H22N2O5. The molecule has 4 heterocycles. The molecule has 1 atom stereocenters. The lowest BCUT2D eigenvalue weighted by molar-refractivity contribution is -0.172. The number of benzene rings is 2. The highest BCUT2D eigenvalue weighted by atomic mass is 16.6. The second kappa shape index (κ2) is 8.10. The second-order valence-corrected chi connectivity index (χ2v) is 9.04. The van der Waals surface area contributed by atoms with Crippen LogP contribution in [0.3, 0.4) is 0 Å². The van der Waals surface area contributed by atoms with Crippen LogP contribution in [0.1, 0.15) is 46.0 Å². The van der Waals surface area contributed by atoms with Crippen LogP contribution < -0.4 is 5.56 Å². The van der Waals surface area contributed by atoms with Gasteiger partial charge < -0.3 is 14.4 Å². The van der Waals surface area contributed by atoms with E-state index in [1.165, 1.54) is 6.08 Å². The number of esters is 1. The van der Waals surface area contributed by atoms with Crippen LogP contribution in [0.4, 0.5) is 0 Å². The number of rotatable bonds is 4. The minimum Gasteiger partial charge on any atom is -0.458 e. The third kappa shape index (κ3) is 3.17. The van der Waals surface area contributed by atoms with Crippen molar-refractivity contribution in [3.63, 3.8) is 0 Å². The van der Waals surface area contributed by atoms with Crippen molar-refractivity contribution in [2.45, 2.75) is 32.1 Å². The first-order valence-electron chi connectivity index (χ1n) is 11.8. The molecule has 2 aliphatic heterocycles. The van der Waals surface area contributed by atoms with Gasteiger partial charge in [-0.25, -0.2) is 9.78 Å². The number of hydrogen-bond donors (Lipinski definition) is 1. The lowest BCUT2D eigenvalue weighted by Gasteiger charge is -2.31. The van der Waals surface area contributed by atoms with Gasteiger partial charge in [0.2, 0.25) is 0 Å². The molecule has 178 valence electrons. The maximum Gasteiger partial charge on any atom is 0.343 e. The molecule has 0 spiro atoms. The van der Waals surface area contributed by atoms with Crippen LogP contribution in [0.15, 0.2) is 71.5 Å². The topological polar surface area (TPSA) is 98.5 Å². The number of allylic oxidation sites excluding steroid dienone is 1. The zero-order chi connectivity index (χ0) is 25.0. The zero-order valence-electron chi connectivity index (χ0n) is 19.5. The van der Waals surface area contributed by atoms with Gasteiger partial charge in [-0.05, 0) is 36.3 Å². The number of aliphatic hydroxyl groups is 1. The fourth-order valence-electron chi connectivity index (χ4n) is 5.11. The fourth-order valence-corrected chi connectivity index (χ4v) is 5.11. The summed E-state index contributed by atoms with van der Waals surface area (Å²) in [5.74, 6) is -0.883. The molecule has 0 saturated heterocycles. The number of ketones is 1. The molecule has 7 nitrogen and oxygen atoms in total. The predicted molar refractivity (Wildman–Crippen MR) is 134 cm³/mol. The van der Waals surface area contributed by atoms with E-state index in [-0.39, 0.29) is 42.0 Å². The van der Waals surface area contributed by atoms with E-state index < -0.39 is 11.6 Å². The van der Waals surface area contributed by atoms with Crippen molar-refractivity contribution in [1.82, 2.24) is 9.55 Å². The van der Waals surface area contributed by atoms with Crippen molar-refractivity contribution >= 4 is 28.7 Å². The molecule has 6 rings (SSSR count). The number of cyclic esters (lactones) is 1. The molecule has 4 aromatic rings. The molecule has 0 unspecified atom stereocenters. The predicted octanol–water partition coefficient (Wildman–Crippen LogP) is 3.98. The molecule has 0 bridgehead atoms. The van der Waals surface area contributed by atoms with Crippen molar-refractivity contribution in [3.8, 4) is 11.4 Å². The molecule has 2 aromatic carbocycles. The van der Waals surface area contributed by atoms with Crippen molar-refractivity contribution in [1.29, 1.82) is 0 Å². The molecule has 0 saturated carbocycles. The molecule has 0 aliphatic carbocycles. The van der Waals surface area contributed by atoms with Gasteiger partial charge in [-0.1, -0.05) is 55.5 Å². The van der Waals surface area contributed by atoms with Crippen LogP contribution in [-0.2, 0) is 28.3 Å². The number of pyridine rings is 2. The van der Waals surface area contributed by atoms with Crippen LogP contribution in [0.2, 0.25) is 0 Å². The maximum atomic E-state index is 13.5. The Bertz CT molecular complexity index is 1670. The highest BCUT2D eigenvalue weighted by Gasteiger charge is 2.45. The molecule has 36 heavy (non-hydrogen) atoms. The van der Waals surface area contributed by atoms with Gasteiger partial charge in [-0.15, -0.1) is 0 Å². The molecular weight excluding hydrogens is 456 g/mol. The van der Waals surface area contributed by atoms with E-state index in [0.29, 0.717) is 22.5 Å². The molecule has 2 aromatic heterocycles. The highest BCUT2D eigenvalue weighted by Crippen LogP contribution is 2.40. The quantitative estimate of drug-likeness (QED) is 0.238. The number of carbonyl (C=O) groups is 2. The number of nitrogens with zero attached hydrogens (tertiary/aromatic N) is 2. The monoisotopic (exact) mass is 478 g/mol. The summed E-state index contributed by atoms with van der Waals surface area (Å²) in [6.45, 7) is 1.75. The third-order valence-corrected chi connectivity index (χ3v) is 7.10. The largest absolute Gasteiger partial charge is 0.458 e. The average molecular weight is 479 g/mol. The summed E-state index contributed by atoms with van der Waals surface area (Å²) >= 11 is 0. The summed E-state index contributed by atoms with van der Waals surface area (Å²) in [5.41, 5.74) is 2.38. The summed E-state index contributed by atoms with van der Waals surface area (Å²) in [7, 11) is 0. The van der Waals surface area contributed by atoms with Crippen molar-refractivity contribution in [3.05, 3.63) is 105 Å². The van der Waals surface area contributed by atoms with Gasteiger partial charge in [0.15, 0.2) is 11.4 Å². The highest BCUT2D eigenvalue weighted by molar-refractivity contribution is 6.08. The standard InChI is InChI=1S/C29H22N2O5/c1-2-29(35)22-14-24-26-20(15-31(24)27(33)21(22)16-36-28(29)34)18(19-10-6-7-11-23(19)30-26)12-13-25(32)17-8-4-3-5-9-17/h3-14,35H,2,15-16H2,1H3/b13-12+/t29-/m0/s1. The van der Waals surface area contributed by atoms with Gasteiger partial charge in [0, 0.05) is 22.1 Å². The van der Waals surface area contributed by atoms with E-state index >= 15 is 0 Å². The first-order chi connectivity index (χ1) is 17.4. The van der Waals surface area contributed by atoms with E-state index in [1.54, 1.807) is 35.8 Å². The summed E-state index contributed by atoms with van der Waals surface area (Å²) in [6.07, 6.45) is 3.40. The minimum atomic E-state index is -1.88. The number of para-hydroxylation sites is 1. The number of fused-ring (bicyclic) bond motifs is 5. The SMILES string of the molecule is CC[C@@]1(O)C(=O)OCc2c1cc1n(c2=O)Cc2c-1nc1ccccc1c2/C=C/C(=O)c1ccccc1. The number of ether oxygens (including phenoxy) is 1. The van der Waals surface area contributed by atoms with Gasteiger partial charge in [-0.2, -0.15) is 0 Å². The summed E-state index contributed by atoms with van der Waals surface area (Å²) < 4.78 is 6.75. The van der Waals surface area contributed by atoms with E-state index in [1.807, 2.05) is 42.5 Å². The van der Waals surface area contributed by atoms with E-state index in [2.05, 4.69) is 0 Å². The number of carbonyl (C=O) groups excluding carboxylic acids is 2. The fraction of sp³-hybridized carbons (Fsp3) is 0.172. The van der Waals surface area contributed by atoms with E-state index in [9.17, 15) is 19.5 Å². The van der Waals surface area contributed by atoms with Crippen LogP contribution in [0.25, 0.3) is 28.4 Å². The van der Waals surface area contributed by atoms with Gasteiger partial charge in [0.25, 0.3) is 5.56 Å². The normalized spacial score (nSPS) is 18.1. The molecule has 1 N–H and O–H groups in total.